The number of rotatable bonds is 5. The largest absolute Gasteiger partial charge is 0.494 e. The number of urea groups is 1. The Morgan fingerprint density at radius 1 is 1.38 bits per heavy atom. The number of hydrogen-bond donors (Lipinski definition) is 3. The quantitative estimate of drug-likeness (QED) is 0.770. The number of carbonyl (C=O) groups is 2. The molecule has 8 heteroatoms. The Kier molecular flexibility index (Phi) is 4.07. The summed E-state index contributed by atoms with van der Waals surface area (Å²) in [6.45, 7) is 2.43. The van der Waals surface area contributed by atoms with Gasteiger partial charge in [0.15, 0.2) is 5.69 Å². The second-order valence-corrected chi connectivity index (χ2v) is 4.06. The lowest BCUT2D eigenvalue weighted by Gasteiger charge is -2.04. The standard InChI is InChI=1S/C13H14N4O4/c1-2-21-9-5-3-8(4-6-9)17-7-10(15-13(14)20)11(16-17)12(18)19/h3-7H,2H2,1H3,(H,18,19)(H3,14,15,20). The van der Waals surface area contributed by atoms with Gasteiger partial charge in [0.05, 0.1) is 24.2 Å². The first kappa shape index (κ1) is 14.4. The lowest BCUT2D eigenvalue weighted by molar-refractivity contribution is 0.0691. The number of hydrogen-bond acceptors (Lipinski definition) is 4. The van der Waals surface area contributed by atoms with Crippen LogP contribution in [0.15, 0.2) is 30.5 Å². The molecule has 2 aromatic rings. The van der Waals surface area contributed by atoms with Crippen molar-refractivity contribution in [1.82, 2.24) is 9.78 Å². The van der Waals surface area contributed by atoms with Crippen LogP contribution in [0.2, 0.25) is 0 Å². The predicted octanol–water partition coefficient (Wildman–Crippen LogP) is 1.46. The van der Waals surface area contributed by atoms with Crippen molar-refractivity contribution in [2.75, 3.05) is 11.9 Å². The van der Waals surface area contributed by atoms with Gasteiger partial charge in [-0.25, -0.2) is 14.3 Å². The van der Waals surface area contributed by atoms with Crippen LogP contribution in [-0.4, -0.2) is 33.5 Å². The molecule has 0 spiro atoms. The molecule has 4 N–H and O–H groups in total. The maximum Gasteiger partial charge on any atom is 0.358 e. The van der Waals surface area contributed by atoms with E-state index in [9.17, 15) is 9.59 Å². The Morgan fingerprint density at radius 2 is 2.05 bits per heavy atom. The second kappa shape index (κ2) is 5.95. The van der Waals surface area contributed by atoms with Gasteiger partial charge in [-0.3, -0.25) is 0 Å². The van der Waals surface area contributed by atoms with E-state index in [0.717, 1.165) is 0 Å². The molecule has 0 aliphatic carbocycles. The number of nitrogens with two attached hydrogens (primary N) is 1. The molecular weight excluding hydrogens is 276 g/mol. The molecule has 0 aliphatic heterocycles. The van der Waals surface area contributed by atoms with Crippen molar-refractivity contribution in [3.8, 4) is 11.4 Å². The number of carboxylic acid groups (broad SMARTS) is 1. The van der Waals surface area contributed by atoms with E-state index in [-0.39, 0.29) is 11.4 Å². The molecule has 0 saturated carbocycles. The van der Waals surface area contributed by atoms with E-state index in [2.05, 4.69) is 10.4 Å². The summed E-state index contributed by atoms with van der Waals surface area (Å²) in [5.74, 6) is -0.564. The van der Waals surface area contributed by atoms with Crippen molar-refractivity contribution in [3.63, 3.8) is 0 Å². The van der Waals surface area contributed by atoms with Crippen LogP contribution in [0.1, 0.15) is 17.4 Å². The topological polar surface area (TPSA) is 119 Å². The summed E-state index contributed by atoms with van der Waals surface area (Å²) < 4.78 is 6.66. The molecule has 2 rings (SSSR count). The third-order valence-electron chi connectivity index (χ3n) is 2.59. The normalized spacial score (nSPS) is 10.1. The number of carbonyl (C=O) groups excluding carboxylic acids is 1. The fourth-order valence-corrected chi connectivity index (χ4v) is 1.75. The number of anilines is 1. The Balaban J connectivity index is 2.35. The zero-order chi connectivity index (χ0) is 15.4. The smallest absolute Gasteiger partial charge is 0.358 e. The highest BCUT2D eigenvalue weighted by Gasteiger charge is 2.17. The number of amides is 2. The maximum absolute atomic E-state index is 11.1. The molecule has 1 heterocycles. The van der Waals surface area contributed by atoms with Crippen LogP contribution in [0, 0.1) is 0 Å². The number of carboxylic acids is 1. The van der Waals surface area contributed by atoms with Crippen LogP contribution < -0.4 is 15.8 Å². The van der Waals surface area contributed by atoms with Crippen molar-refractivity contribution in [2.24, 2.45) is 5.73 Å². The molecule has 0 atom stereocenters. The average Bonchev–Trinajstić information content (AvgIpc) is 2.83. The van der Waals surface area contributed by atoms with Gasteiger partial charge >= 0.3 is 12.0 Å². The van der Waals surface area contributed by atoms with Gasteiger partial charge in [0.25, 0.3) is 0 Å². The Labute approximate surface area is 120 Å². The lowest BCUT2D eigenvalue weighted by atomic mass is 10.3. The van der Waals surface area contributed by atoms with Crippen LogP contribution in [0.4, 0.5) is 10.5 Å². The molecule has 0 aliphatic rings. The van der Waals surface area contributed by atoms with Crippen molar-refractivity contribution in [3.05, 3.63) is 36.2 Å². The highest BCUT2D eigenvalue weighted by molar-refractivity contribution is 5.98. The molecule has 0 unspecified atom stereocenters. The first-order valence-electron chi connectivity index (χ1n) is 6.14. The van der Waals surface area contributed by atoms with Gasteiger partial charge in [-0.1, -0.05) is 0 Å². The van der Waals surface area contributed by atoms with E-state index in [1.165, 1.54) is 10.9 Å². The second-order valence-electron chi connectivity index (χ2n) is 4.06. The van der Waals surface area contributed by atoms with Crippen LogP contribution in [0.25, 0.3) is 5.69 Å². The van der Waals surface area contributed by atoms with Crippen molar-refractivity contribution < 1.29 is 19.4 Å². The molecule has 21 heavy (non-hydrogen) atoms. The molecule has 0 radical (unpaired) electrons. The molecule has 1 aromatic carbocycles. The number of aromatic carboxylic acids is 1. The third-order valence-corrected chi connectivity index (χ3v) is 2.59. The van der Waals surface area contributed by atoms with E-state index in [0.29, 0.717) is 18.0 Å². The molecule has 8 nitrogen and oxygen atoms in total. The van der Waals surface area contributed by atoms with E-state index in [1.54, 1.807) is 24.3 Å². The molecule has 0 fully saturated rings. The zero-order valence-electron chi connectivity index (χ0n) is 11.2. The van der Waals surface area contributed by atoms with E-state index in [1.807, 2.05) is 6.92 Å². The molecule has 110 valence electrons. The Morgan fingerprint density at radius 3 is 2.57 bits per heavy atom. The predicted molar refractivity (Wildman–Crippen MR) is 74.9 cm³/mol. The Bertz CT molecular complexity index is 663. The van der Waals surface area contributed by atoms with Gasteiger partial charge in [-0.15, -0.1) is 0 Å². The fourth-order valence-electron chi connectivity index (χ4n) is 1.75. The first-order valence-corrected chi connectivity index (χ1v) is 6.14. The number of nitrogens with one attached hydrogen (secondary N) is 1. The number of aromatic nitrogens is 2. The summed E-state index contributed by atoms with van der Waals surface area (Å²) in [5.41, 5.74) is 5.36. The van der Waals surface area contributed by atoms with Gasteiger partial charge in [0.1, 0.15) is 5.75 Å². The number of ether oxygens (including phenoxy) is 1. The first-order chi connectivity index (χ1) is 10.0. The average molecular weight is 290 g/mol. The molecule has 0 saturated heterocycles. The van der Waals surface area contributed by atoms with Gasteiger partial charge < -0.3 is 20.9 Å². The van der Waals surface area contributed by atoms with Crippen LogP contribution in [-0.2, 0) is 0 Å². The maximum atomic E-state index is 11.1. The van der Waals surface area contributed by atoms with E-state index >= 15 is 0 Å². The minimum Gasteiger partial charge on any atom is -0.494 e. The number of primary amides is 1. The van der Waals surface area contributed by atoms with Crippen LogP contribution in [0.5, 0.6) is 5.75 Å². The molecule has 1 aromatic heterocycles. The summed E-state index contributed by atoms with van der Waals surface area (Å²) >= 11 is 0. The summed E-state index contributed by atoms with van der Waals surface area (Å²) in [4.78, 5) is 22.0. The highest BCUT2D eigenvalue weighted by atomic mass is 16.5. The van der Waals surface area contributed by atoms with E-state index < -0.39 is 12.0 Å². The van der Waals surface area contributed by atoms with E-state index in [4.69, 9.17) is 15.6 Å². The minimum absolute atomic E-state index is 0.0314. The summed E-state index contributed by atoms with van der Waals surface area (Å²) in [5, 5.41) is 15.2. The van der Waals surface area contributed by atoms with Crippen LogP contribution >= 0.6 is 0 Å². The summed E-state index contributed by atoms with van der Waals surface area (Å²) in [6.07, 6.45) is 1.38. The number of benzene rings is 1. The van der Waals surface area contributed by atoms with Crippen molar-refractivity contribution in [1.29, 1.82) is 0 Å². The van der Waals surface area contributed by atoms with Gasteiger partial charge in [-0.2, -0.15) is 5.10 Å². The Hall–Kier alpha value is -3.03. The van der Waals surface area contributed by atoms with Gasteiger partial charge in [-0.05, 0) is 31.2 Å². The molecular formula is C13H14N4O4. The minimum atomic E-state index is -1.26. The molecule has 2 amide bonds. The van der Waals surface area contributed by atoms with Crippen molar-refractivity contribution in [2.45, 2.75) is 6.92 Å². The van der Waals surface area contributed by atoms with Gasteiger partial charge in [0.2, 0.25) is 0 Å². The fraction of sp³-hybridized carbons (Fsp3) is 0.154. The lowest BCUT2D eigenvalue weighted by Crippen LogP contribution is -2.20. The number of nitrogens with zero attached hydrogens (tertiary/aromatic N) is 2. The zero-order valence-corrected chi connectivity index (χ0v) is 11.2. The summed E-state index contributed by atoms with van der Waals surface area (Å²) in [6, 6.07) is 6.06. The molecule has 0 bridgehead atoms. The summed E-state index contributed by atoms with van der Waals surface area (Å²) in [7, 11) is 0. The highest BCUT2D eigenvalue weighted by Crippen LogP contribution is 2.19. The third kappa shape index (κ3) is 3.30. The SMILES string of the molecule is CCOc1ccc(-n2cc(NC(N)=O)c(C(=O)O)n2)cc1. The van der Waals surface area contributed by atoms with Gasteiger partial charge in [0, 0.05) is 0 Å². The van der Waals surface area contributed by atoms with Crippen LogP contribution in [0.3, 0.4) is 0 Å². The monoisotopic (exact) mass is 290 g/mol. The van der Waals surface area contributed by atoms with Crippen molar-refractivity contribution >= 4 is 17.7 Å².